The maximum Gasteiger partial charge on any atom is 0.377 e. The molecule has 0 aliphatic carbocycles. The SMILES string of the molecule is N#CCc1ccccc1-c1nc(C(=O)O)no1. The van der Waals surface area contributed by atoms with Crippen LogP contribution >= 0.6 is 0 Å². The first-order valence-corrected chi connectivity index (χ1v) is 4.74. The van der Waals surface area contributed by atoms with E-state index in [1.807, 2.05) is 6.07 Å². The second-order valence-electron chi connectivity index (χ2n) is 3.22. The monoisotopic (exact) mass is 229 g/mol. The Morgan fingerprint density at radius 2 is 2.24 bits per heavy atom. The van der Waals surface area contributed by atoms with Crippen LogP contribution in [0.2, 0.25) is 0 Å². The zero-order valence-corrected chi connectivity index (χ0v) is 8.62. The number of carboxylic acids is 1. The van der Waals surface area contributed by atoms with Crippen molar-refractivity contribution in [2.45, 2.75) is 6.42 Å². The number of aromatic carboxylic acids is 1. The first-order valence-electron chi connectivity index (χ1n) is 4.74. The maximum absolute atomic E-state index is 10.6. The van der Waals surface area contributed by atoms with Gasteiger partial charge in [-0.15, -0.1) is 0 Å². The minimum absolute atomic E-state index is 0.105. The fourth-order valence-corrected chi connectivity index (χ4v) is 1.39. The number of benzene rings is 1. The van der Waals surface area contributed by atoms with Crippen LogP contribution in [-0.2, 0) is 6.42 Å². The van der Waals surface area contributed by atoms with Crippen molar-refractivity contribution in [2.24, 2.45) is 0 Å². The summed E-state index contributed by atoms with van der Waals surface area (Å²) in [4.78, 5) is 14.4. The Hall–Kier alpha value is -2.68. The molecule has 1 heterocycles. The number of carboxylic acid groups (broad SMARTS) is 1. The molecular weight excluding hydrogens is 222 g/mol. The molecule has 17 heavy (non-hydrogen) atoms. The Labute approximate surface area is 96.1 Å². The van der Waals surface area contributed by atoms with Crippen molar-refractivity contribution in [1.82, 2.24) is 10.1 Å². The van der Waals surface area contributed by atoms with Gasteiger partial charge >= 0.3 is 5.97 Å². The molecule has 0 spiro atoms. The van der Waals surface area contributed by atoms with Crippen LogP contribution in [0.1, 0.15) is 16.2 Å². The molecule has 6 heteroatoms. The number of aromatic nitrogens is 2. The van der Waals surface area contributed by atoms with Gasteiger partial charge in [0.2, 0.25) is 0 Å². The minimum atomic E-state index is -1.25. The maximum atomic E-state index is 10.6. The van der Waals surface area contributed by atoms with E-state index in [1.54, 1.807) is 24.3 Å². The van der Waals surface area contributed by atoms with Crippen LogP contribution in [-0.4, -0.2) is 21.2 Å². The molecule has 1 aromatic carbocycles. The molecule has 6 nitrogen and oxygen atoms in total. The Kier molecular flexibility index (Phi) is 2.83. The van der Waals surface area contributed by atoms with Gasteiger partial charge in [0.25, 0.3) is 11.7 Å². The van der Waals surface area contributed by atoms with Crippen LogP contribution in [0.4, 0.5) is 0 Å². The number of nitrogens with zero attached hydrogens (tertiary/aromatic N) is 3. The molecule has 0 atom stereocenters. The molecule has 2 rings (SSSR count). The van der Waals surface area contributed by atoms with E-state index in [4.69, 9.17) is 14.9 Å². The van der Waals surface area contributed by atoms with E-state index in [9.17, 15) is 4.79 Å². The third-order valence-electron chi connectivity index (χ3n) is 2.13. The summed E-state index contributed by atoms with van der Waals surface area (Å²) in [5.74, 6) is -1.54. The van der Waals surface area contributed by atoms with Gasteiger partial charge in [-0.25, -0.2) is 4.79 Å². The van der Waals surface area contributed by atoms with Crippen molar-refractivity contribution in [1.29, 1.82) is 5.26 Å². The fourth-order valence-electron chi connectivity index (χ4n) is 1.39. The van der Waals surface area contributed by atoms with Gasteiger partial charge in [-0.1, -0.05) is 18.2 Å². The van der Waals surface area contributed by atoms with Gasteiger partial charge in [0.15, 0.2) is 0 Å². The third-order valence-corrected chi connectivity index (χ3v) is 2.13. The van der Waals surface area contributed by atoms with Gasteiger partial charge < -0.3 is 9.63 Å². The molecule has 1 N–H and O–H groups in total. The molecule has 0 radical (unpaired) electrons. The second-order valence-corrected chi connectivity index (χ2v) is 3.22. The van der Waals surface area contributed by atoms with E-state index in [-0.39, 0.29) is 12.3 Å². The first-order chi connectivity index (χ1) is 8.22. The quantitative estimate of drug-likeness (QED) is 0.855. The molecular formula is C11H7N3O3. The molecule has 0 amide bonds. The summed E-state index contributed by atoms with van der Waals surface area (Å²) >= 11 is 0. The van der Waals surface area contributed by atoms with Gasteiger partial charge in [0.1, 0.15) is 0 Å². The Bertz CT molecular complexity index is 598. The van der Waals surface area contributed by atoms with Crippen molar-refractivity contribution in [3.8, 4) is 17.5 Å². The number of hydrogen-bond donors (Lipinski definition) is 1. The van der Waals surface area contributed by atoms with Crippen molar-refractivity contribution in [3.05, 3.63) is 35.7 Å². The molecule has 0 saturated carbocycles. The standard InChI is InChI=1S/C11H7N3O3/c12-6-5-7-3-1-2-4-8(7)10-13-9(11(15)16)14-17-10/h1-4H,5H2,(H,15,16). The van der Waals surface area contributed by atoms with E-state index in [1.165, 1.54) is 0 Å². The Morgan fingerprint density at radius 1 is 1.47 bits per heavy atom. The highest BCUT2D eigenvalue weighted by molar-refractivity contribution is 5.83. The Balaban J connectivity index is 2.45. The highest BCUT2D eigenvalue weighted by atomic mass is 16.5. The van der Waals surface area contributed by atoms with E-state index in [0.29, 0.717) is 5.56 Å². The Morgan fingerprint density at radius 3 is 2.88 bits per heavy atom. The molecule has 0 fully saturated rings. The average Bonchev–Trinajstić information content (AvgIpc) is 2.79. The van der Waals surface area contributed by atoms with Crippen molar-refractivity contribution < 1.29 is 14.4 Å². The van der Waals surface area contributed by atoms with Crippen LogP contribution < -0.4 is 0 Å². The van der Waals surface area contributed by atoms with Gasteiger partial charge in [-0.3, -0.25) is 0 Å². The summed E-state index contributed by atoms with van der Waals surface area (Å²) in [5, 5.41) is 20.7. The summed E-state index contributed by atoms with van der Waals surface area (Å²) < 4.78 is 4.85. The largest absolute Gasteiger partial charge is 0.475 e. The lowest BCUT2D eigenvalue weighted by atomic mass is 10.1. The molecule has 0 aliphatic heterocycles. The lowest BCUT2D eigenvalue weighted by Crippen LogP contribution is -1.98. The highest BCUT2D eigenvalue weighted by Crippen LogP contribution is 2.22. The number of carbonyl (C=O) groups is 1. The lowest BCUT2D eigenvalue weighted by molar-refractivity contribution is 0.0680. The smallest absolute Gasteiger partial charge is 0.377 e. The van der Waals surface area contributed by atoms with Gasteiger partial charge in [0, 0.05) is 5.56 Å². The van der Waals surface area contributed by atoms with Crippen molar-refractivity contribution in [3.63, 3.8) is 0 Å². The lowest BCUT2D eigenvalue weighted by Gasteiger charge is -2.00. The summed E-state index contributed by atoms with van der Waals surface area (Å²) in [5.41, 5.74) is 1.30. The summed E-state index contributed by atoms with van der Waals surface area (Å²) in [7, 11) is 0. The molecule has 1 aromatic heterocycles. The topological polar surface area (TPSA) is 100 Å². The molecule has 84 valence electrons. The summed E-state index contributed by atoms with van der Waals surface area (Å²) in [6.45, 7) is 0. The molecule has 2 aromatic rings. The normalized spacial score (nSPS) is 9.82. The molecule has 0 unspecified atom stereocenters. The van der Waals surface area contributed by atoms with Gasteiger partial charge in [-0.05, 0) is 16.8 Å². The third kappa shape index (κ3) is 2.13. The van der Waals surface area contributed by atoms with Gasteiger partial charge in [-0.2, -0.15) is 10.2 Å². The van der Waals surface area contributed by atoms with Crippen LogP contribution in [0.3, 0.4) is 0 Å². The average molecular weight is 229 g/mol. The first kappa shape index (κ1) is 10.8. The number of hydrogen-bond acceptors (Lipinski definition) is 5. The molecule has 0 aliphatic rings. The van der Waals surface area contributed by atoms with E-state index >= 15 is 0 Å². The van der Waals surface area contributed by atoms with E-state index in [2.05, 4.69) is 10.1 Å². The summed E-state index contributed by atoms with van der Waals surface area (Å²) in [6.07, 6.45) is 0.195. The van der Waals surface area contributed by atoms with Gasteiger partial charge in [0.05, 0.1) is 12.5 Å². The molecule has 0 saturated heterocycles. The number of rotatable bonds is 3. The zero-order valence-electron chi connectivity index (χ0n) is 8.62. The molecule has 0 bridgehead atoms. The van der Waals surface area contributed by atoms with E-state index in [0.717, 1.165) is 5.56 Å². The predicted octanol–water partition coefficient (Wildman–Crippen LogP) is 1.50. The summed E-state index contributed by atoms with van der Waals surface area (Å²) in [6, 6.07) is 9.00. The highest BCUT2D eigenvalue weighted by Gasteiger charge is 2.16. The van der Waals surface area contributed by atoms with E-state index < -0.39 is 11.8 Å². The van der Waals surface area contributed by atoms with Crippen LogP contribution in [0.15, 0.2) is 28.8 Å². The van der Waals surface area contributed by atoms with Crippen molar-refractivity contribution >= 4 is 5.97 Å². The van der Waals surface area contributed by atoms with Crippen molar-refractivity contribution in [2.75, 3.05) is 0 Å². The number of nitriles is 1. The fraction of sp³-hybridized carbons (Fsp3) is 0.0909. The minimum Gasteiger partial charge on any atom is -0.475 e. The van der Waals surface area contributed by atoms with Crippen LogP contribution in [0.5, 0.6) is 0 Å². The predicted molar refractivity (Wildman–Crippen MR) is 56.0 cm³/mol. The van der Waals surface area contributed by atoms with Crippen LogP contribution in [0.25, 0.3) is 11.5 Å². The zero-order chi connectivity index (χ0) is 12.3. The second kappa shape index (κ2) is 4.45. The van der Waals surface area contributed by atoms with Crippen LogP contribution in [0, 0.1) is 11.3 Å².